The van der Waals surface area contributed by atoms with E-state index < -0.39 is 24.5 Å². The van der Waals surface area contributed by atoms with Gasteiger partial charge in [0.15, 0.2) is 0 Å². The van der Waals surface area contributed by atoms with Crippen LogP contribution in [0, 0.1) is 4.32 Å². The molecule has 1 aromatic heterocycles. The Bertz CT molecular complexity index is 513. The Morgan fingerprint density at radius 3 is 2.71 bits per heavy atom. The van der Waals surface area contributed by atoms with E-state index in [0.717, 1.165) is 0 Å². The summed E-state index contributed by atoms with van der Waals surface area (Å²) in [5, 5.41) is 28.4. The summed E-state index contributed by atoms with van der Waals surface area (Å²) in [7, 11) is 0. The number of hydrogen-bond acceptors (Lipinski definition) is 5. The zero-order valence-electron chi connectivity index (χ0n) is 8.68. The topological polar surface area (TPSA) is 108 Å². The number of aromatic nitrogens is 2. The maximum atomic E-state index is 11.0. The molecule has 0 spiro atoms. The summed E-state index contributed by atoms with van der Waals surface area (Å²) >= 11 is 2.63. The molecule has 0 unspecified atom stereocenters. The fourth-order valence-corrected chi connectivity index (χ4v) is 2.29. The molecule has 2 rings (SSSR count). The summed E-state index contributed by atoms with van der Waals surface area (Å²) in [4.78, 5) is 13.5. The number of hydrogen-bond donors (Lipinski definition) is 4. The van der Waals surface area contributed by atoms with Gasteiger partial charge in [-0.05, 0) is 0 Å². The Kier molecular flexibility index (Phi) is 3.62. The Morgan fingerprint density at radius 1 is 1.47 bits per heavy atom. The average molecular weight is 307 g/mol. The first kappa shape index (κ1) is 12.7. The quantitative estimate of drug-likeness (QED) is 0.451. The van der Waals surface area contributed by atoms with E-state index in [1.54, 1.807) is 0 Å². The van der Waals surface area contributed by atoms with E-state index in [1.807, 2.05) is 0 Å². The van der Waals surface area contributed by atoms with Crippen LogP contribution in [-0.4, -0.2) is 65.4 Å². The summed E-state index contributed by atoms with van der Waals surface area (Å²) in [5.74, 6) is 0. The van der Waals surface area contributed by atoms with Crippen molar-refractivity contribution in [3.05, 3.63) is 26.9 Å². The Hall–Kier alpha value is -0.761. The number of aromatic amines is 1. The van der Waals surface area contributed by atoms with E-state index in [2.05, 4.69) is 20.6 Å². The van der Waals surface area contributed by atoms with Crippen molar-refractivity contribution >= 4 is 15.6 Å². The van der Waals surface area contributed by atoms with Crippen LogP contribution in [-0.2, 0) is 4.74 Å². The fourth-order valence-electron chi connectivity index (χ4n) is 1.74. The number of nitrogens with zero attached hydrogens (tertiary/aromatic N) is 1. The van der Waals surface area contributed by atoms with Crippen molar-refractivity contribution in [1.29, 1.82) is 0 Å². The second kappa shape index (κ2) is 4.85. The molecule has 1 aromatic rings. The van der Waals surface area contributed by atoms with Crippen molar-refractivity contribution in [3.63, 3.8) is 0 Å². The molecule has 1 fully saturated rings. The zero-order valence-corrected chi connectivity index (χ0v) is 10.4. The van der Waals surface area contributed by atoms with Gasteiger partial charge in [-0.3, -0.25) is 0 Å². The fraction of sp³-hybridized carbons (Fsp3) is 0.556. The van der Waals surface area contributed by atoms with Gasteiger partial charge >= 0.3 is 103 Å². The van der Waals surface area contributed by atoms with E-state index in [4.69, 9.17) is 9.84 Å². The van der Waals surface area contributed by atoms with Crippen LogP contribution < -0.4 is 5.56 Å². The third-order valence-corrected chi connectivity index (χ3v) is 3.30. The molecule has 4 N–H and O–H groups in total. The third-order valence-electron chi connectivity index (χ3n) is 2.64. The molecule has 1 saturated heterocycles. The Morgan fingerprint density at radius 2 is 2.18 bits per heavy atom. The molecule has 17 heavy (non-hydrogen) atoms. The molecule has 0 aliphatic carbocycles. The summed E-state index contributed by atoms with van der Waals surface area (Å²) < 4.78 is 7.13. The third kappa shape index (κ3) is 2.28. The Balaban J connectivity index is 2.35. The van der Waals surface area contributed by atoms with E-state index >= 15 is 0 Å². The van der Waals surface area contributed by atoms with Crippen LogP contribution in [0.2, 0.25) is 0 Å². The number of rotatable bonds is 2. The Labute approximate surface area is 104 Å². The van der Waals surface area contributed by atoms with Gasteiger partial charge in [-0.2, -0.15) is 0 Å². The molecule has 1 aliphatic rings. The van der Waals surface area contributed by atoms with Crippen molar-refractivity contribution in [2.75, 3.05) is 6.61 Å². The monoisotopic (exact) mass is 308 g/mol. The summed E-state index contributed by atoms with van der Waals surface area (Å²) in [6, 6.07) is 1.27. The molecule has 94 valence electrons. The second-order valence-corrected chi connectivity index (χ2v) is 4.56. The van der Waals surface area contributed by atoms with Gasteiger partial charge in [0.05, 0.1) is 0 Å². The molecule has 0 aromatic carbocycles. The van der Waals surface area contributed by atoms with Gasteiger partial charge in [0.1, 0.15) is 0 Å². The minimum absolute atomic E-state index is 0.290. The van der Waals surface area contributed by atoms with Crippen LogP contribution in [0.4, 0.5) is 0 Å². The predicted molar refractivity (Wildman–Crippen MR) is 57.1 cm³/mol. The minimum atomic E-state index is -1.17. The van der Waals surface area contributed by atoms with Crippen LogP contribution in [0.25, 0.3) is 0 Å². The van der Waals surface area contributed by atoms with E-state index in [-0.39, 0.29) is 12.2 Å². The van der Waals surface area contributed by atoms with Gasteiger partial charge in [0.2, 0.25) is 0 Å². The standard InChI is InChI=1S/C9H12N2O5Se/c12-3-4-6(14)7(15)8(16-4)11-2-1-5(13)10-9(11)17/h1-2,4,6-8,12,14-15H,3H2,(H,10,13,17)/t4-,6-,7-,8-/m1/s1. The first-order valence-electron chi connectivity index (χ1n) is 4.98. The molecular weight excluding hydrogens is 295 g/mol. The summed E-state index contributed by atoms with van der Waals surface area (Å²) in [6.07, 6.45) is -2.59. The molecule has 0 amide bonds. The zero-order chi connectivity index (χ0) is 12.6. The first-order chi connectivity index (χ1) is 8.04. The number of nitrogens with one attached hydrogen (secondary N) is 1. The van der Waals surface area contributed by atoms with E-state index in [9.17, 15) is 15.0 Å². The van der Waals surface area contributed by atoms with Crippen molar-refractivity contribution in [1.82, 2.24) is 9.55 Å². The van der Waals surface area contributed by atoms with E-state index in [0.29, 0.717) is 4.32 Å². The molecular formula is C9H12N2O5Se. The van der Waals surface area contributed by atoms with Crippen molar-refractivity contribution in [2.45, 2.75) is 24.5 Å². The van der Waals surface area contributed by atoms with Gasteiger partial charge in [-0.15, -0.1) is 0 Å². The van der Waals surface area contributed by atoms with Gasteiger partial charge in [-0.1, -0.05) is 0 Å². The summed E-state index contributed by atoms with van der Waals surface area (Å²) in [6.45, 7) is -0.387. The SMILES string of the molecule is O=c1ccn([C@@H]2O[C@H](CO)[C@@H](O)[C@H]2O)c(=[Se])[nH]1. The molecule has 7 nitrogen and oxygen atoms in total. The van der Waals surface area contributed by atoms with Crippen LogP contribution in [0.5, 0.6) is 0 Å². The van der Waals surface area contributed by atoms with Gasteiger partial charge < -0.3 is 0 Å². The normalized spacial score (nSPS) is 32.9. The van der Waals surface area contributed by atoms with Gasteiger partial charge in [-0.25, -0.2) is 0 Å². The number of ether oxygens (including phenoxy) is 1. The average Bonchev–Trinajstić information content (AvgIpc) is 2.57. The molecule has 4 atom stereocenters. The summed E-state index contributed by atoms with van der Waals surface area (Å²) in [5.41, 5.74) is -0.290. The van der Waals surface area contributed by atoms with Crippen molar-refractivity contribution < 1.29 is 20.1 Å². The van der Waals surface area contributed by atoms with Crippen LogP contribution in [0.15, 0.2) is 17.1 Å². The molecule has 8 heteroatoms. The maximum absolute atomic E-state index is 11.0. The predicted octanol–water partition coefficient (Wildman–Crippen LogP) is -2.51. The van der Waals surface area contributed by atoms with Crippen molar-refractivity contribution in [2.24, 2.45) is 0 Å². The first-order valence-corrected chi connectivity index (χ1v) is 5.84. The molecule has 0 bridgehead atoms. The van der Waals surface area contributed by atoms with E-state index in [1.165, 1.54) is 16.8 Å². The molecule has 0 saturated carbocycles. The van der Waals surface area contributed by atoms with Crippen LogP contribution in [0.1, 0.15) is 6.23 Å². The second-order valence-electron chi connectivity index (χ2n) is 3.75. The van der Waals surface area contributed by atoms with Crippen LogP contribution >= 0.6 is 0 Å². The number of aliphatic hydroxyl groups excluding tert-OH is 3. The van der Waals surface area contributed by atoms with Gasteiger partial charge in [0.25, 0.3) is 0 Å². The number of aliphatic hydroxyl groups is 3. The molecule has 2 heterocycles. The van der Waals surface area contributed by atoms with Gasteiger partial charge in [0, 0.05) is 0 Å². The van der Waals surface area contributed by atoms with Crippen molar-refractivity contribution in [3.8, 4) is 0 Å². The molecule has 1 aliphatic heterocycles. The van der Waals surface area contributed by atoms with Crippen LogP contribution in [0.3, 0.4) is 0 Å². The molecule has 0 radical (unpaired) electrons. The number of H-pyrrole nitrogens is 1.